The Hall–Kier alpha value is -0.240. The molecule has 1 aromatic carbocycles. The Labute approximate surface area is 95.2 Å². The molecule has 0 aliphatic heterocycles. The summed E-state index contributed by atoms with van der Waals surface area (Å²) in [5, 5.41) is 1.20. The number of halogens is 2. The fourth-order valence-corrected chi connectivity index (χ4v) is 1.76. The van der Waals surface area contributed by atoms with Crippen LogP contribution in [0.2, 0.25) is 10.0 Å². The molecule has 14 heavy (non-hydrogen) atoms. The Morgan fingerprint density at radius 1 is 1.29 bits per heavy atom. The van der Waals surface area contributed by atoms with Crippen LogP contribution in [0, 0.1) is 0 Å². The number of nitrogens with two attached hydrogens (primary N) is 1. The smallest absolute Gasteiger partial charge is 0.0595 e. The first-order valence-electron chi connectivity index (χ1n) is 4.83. The quantitative estimate of drug-likeness (QED) is 0.842. The molecule has 0 aliphatic rings. The fourth-order valence-electron chi connectivity index (χ4n) is 1.44. The highest BCUT2D eigenvalue weighted by molar-refractivity contribution is 6.42. The van der Waals surface area contributed by atoms with E-state index in [0.717, 1.165) is 24.8 Å². The van der Waals surface area contributed by atoms with E-state index in [-0.39, 0.29) is 6.04 Å². The van der Waals surface area contributed by atoms with Crippen LogP contribution in [0.3, 0.4) is 0 Å². The van der Waals surface area contributed by atoms with Gasteiger partial charge < -0.3 is 5.73 Å². The molecule has 1 atom stereocenters. The van der Waals surface area contributed by atoms with Gasteiger partial charge in [-0.25, -0.2) is 0 Å². The van der Waals surface area contributed by atoms with E-state index < -0.39 is 0 Å². The maximum Gasteiger partial charge on any atom is 0.0595 e. The highest BCUT2D eigenvalue weighted by Gasteiger charge is 2.04. The van der Waals surface area contributed by atoms with Gasteiger partial charge in [0, 0.05) is 6.04 Å². The van der Waals surface area contributed by atoms with Crippen LogP contribution in [0.25, 0.3) is 0 Å². The molecule has 0 radical (unpaired) electrons. The zero-order valence-electron chi connectivity index (χ0n) is 8.26. The van der Waals surface area contributed by atoms with Crippen molar-refractivity contribution in [3.05, 3.63) is 33.8 Å². The van der Waals surface area contributed by atoms with E-state index in [2.05, 4.69) is 6.92 Å². The van der Waals surface area contributed by atoms with Crippen LogP contribution in [-0.2, 0) is 6.42 Å². The van der Waals surface area contributed by atoms with Crippen LogP contribution in [0.4, 0.5) is 0 Å². The number of hydrogen-bond acceptors (Lipinski definition) is 1. The lowest BCUT2D eigenvalue weighted by molar-refractivity contribution is 0.600. The van der Waals surface area contributed by atoms with Gasteiger partial charge in [0.2, 0.25) is 0 Å². The van der Waals surface area contributed by atoms with Crippen molar-refractivity contribution in [2.75, 3.05) is 0 Å². The van der Waals surface area contributed by atoms with Gasteiger partial charge in [-0.2, -0.15) is 0 Å². The van der Waals surface area contributed by atoms with Gasteiger partial charge in [-0.05, 0) is 30.5 Å². The summed E-state index contributed by atoms with van der Waals surface area (Å²) in [6.45, 7) is 2.13. The van der Waals surface area contributed by atoms with Gasteiger partial charge in [0.05, 0.1) is 10.0 Å². The van der Waals surface area contributed by atoms with E-state index in [1.54, 1.807) is 0 Å². The topological polar surface area (TPSA) is 26.0 Å². The third-order valence-electron chi connectivity index (χ3n) is 2.14. The lowest BCUT2D eigenvalue weighted by atomic mass is 10.0. The molecule has 1 nitrogen and oxygen atoms in total. The number of rotatable bonds is 4. The standard InChI is InChI=1S/C11H15Cl2N/c1-2-3-9(14)6-8-4-5-10(12)11(13)7-8/h4-5,7,9H,2-3,6,14H2,1H3/t9-/m0/s1. The lowest BCUT2D eigenvalue weighted by Crippen LogP contribution is -2.22. The molecule has 0 aromatic heterocycles. The maximum atomic E-state index is 5.93. The van der Waals surface area contributed by atoms with Crippen molar-refractivity contribution >= 4 is 23.2 Å². The molecule has 0 fully saturated rings. The summed E-state index contributed by atoms with van der Waals surface area (Å²) in [6.07, 6.45) is 3.02. The van der Waals surface area contributed by atoms with E-state index in [1.807, 2.05) is 18.2 Å². The van der Waals surface area contributed by atoms with Gasteiger partial charge in [0.15, 0.2) is 0 Å². The molecule has 0 saturated heterocycles. The van der Waals surface area contributed by atoms with Gasteiger partial charge >= 0.3 is 0 Å². The molecular weight excluding hydrogens is 217 g/mol. The van der Waals surface area contributed by atoms with Crippen LogP contribution < -0.4 is 5.73 Å². The molecule has 0 bridgehead atoms. The first kappa shape index (κ1) is 11.8. The summed E-state index contributed by atoms with van der Waals surface area (Å²) in [4.78, 5) is 0. The zero-order valence-corrected chi connectivity index (χ0v) is 9.78. The second-order valence-electron chi connectivity index (χ2n) is 3.50. The van der Waals surface area contributed by atoms with Crippen LogP contribution in [0.5, 0.6) is 0 Å². The Morgan fingerprint density at radius 2 is 2.00 bits per heavy atom. The molecule has 0 unspecified atom stereocenters. The highest BCUT2D eigenvalue weighted by atomic mass is 35.5. The number of benzene rings is 1. The molecule has 0 spiro atoms. The fraction of sp³-hybridized carbons (Fsp3) is 0.455. The molecule has 3 heteroatoms. The number of hydrogen-bond donors (Lipinski definition) is 1. The second kappa shape index (κ2) is 5.59. The van der Waals surface area contributed by atoms with Gasteiger partial charge in [0.25, 0.3) is 0 Å². The van der Waals surface area contributed by atoms with Crippen LogP contribution in [-0.4, -0.2) is 6.04 Å². The maximum absolute atomic E-state index is 5.93. The summed E-state index contributed by atoms with van der Waals surface area (Å²) < 4.78 is 0. The van der Waals surface area contributed by atoms with E-state index >= 15 is 0 Å². The van der Waals surface area contributed by atoms with Gasteiger partial charge in [-0.1, -0.05) is 42.6 Å². The minimum absolute atomic E-state index is 0.220. The second-order valence-corrected chi connectivity index (χ2v) is 4.32. The summed E-state index contributed by atoms with van der Waals surface area (Å²) >= 11 is 11.7. The molecule has 0 aliphatic carbocycles. The van der Waals surface area contributed by atoms with Crippen LogP contribution >= 0.6 is 23.2 Å². The van der Waals surface area contributed by atoms with E-state index in [1.165, 1.54) is 0 Å². The molecule has 1 rings (SSSR count). The van der Waals surface area contributed by atoms with Gasteiger partial charge in [-0.15, -0.1) is 0 Å². The first-order chi connectivity index (χ1) is 6.63. The van der Waals surface area contributed by atoms with Crippen LogP contribution in [0.15, 0.2) is 18.2 Å². The Balaban J connectivity index is 2.63. The Kier molecular flexibility index (Phi) is 4.73. The minimum atomic E-state index is 0.220. The summed E-state index contributed by atoms with van der Waals surface area (Å²) in [6, 6.07) is 5.90. The van der Waals surface area contributed by atoms with Crippen molar-refractivity contribution in [3.63, 3.8) is 0 Å². The third-order valence-corrected chi connectivity index (χ3v) is 2.88. The SMILES string of the molecule is CCC[C@H](N)Cc1ccc(Cl)c(Cl)c1. The summed E-state index contributed by atoms with van der Waals surface area (Å²) in [5.74, 6) is 0. The molecule has 0 heterocycles. The predicted octanol–water partition coefficient (Wildman–Crippen LogP) is 3.66. The van der Waals surface area contributed by atoms with E-state index in [4.69, 9.17) is 28.9 Å². The zero-order chi connectivity index (χ0) is 10.6. The molecule has 78 valence electrons. The molecule has 1 aromatic rings. The van der Waals surface area contributed by atoms with E-state index in [9.17, 15) is 0 Å². The highest BCUT2D eigenvalue weighted by Crippen LogP contribution is 2.23. The van der Waals surface area contributed by atoms with Crippen molar-refractivity contribution in [1.29, 1.82) is 0 Å². The van der Waals surface area contributed by atoms with Crippen LogP contribution in [0.1, 0.15) is 25.3 Å². The minimum Gasteiger partial charge on any atom is -0.327 e. The Morgan fingerprint density at radius 3 is 2.57 bits per heavy atom. The van der Waals surface area contributed by atoms with Crippen molar-refractivity contribution in [3.8, 4) is 0 Å². The Bertz CT molecular complexity index is 299. The van der Waals surface area contributed by atoms with Crippen molar-refractivity contribution in [2.24, 2.45) is 5.73 Å². The monoisotopic (exact) mass is 231 g/mol. The predicted molar refractivity (Wildman–Crippen MR) is 63.0 cm³/mol. The van der Waals surface area contributed by atoms with Crippen molar-refractivity contribution in [1.82, 2.24) is 0 Å². The normalized spacial score (nSPS) is 12.9. The lowest BCUT2D eigenvalue weighted by Gasteiger charge is -2.10. The van der Waals surface area contributed by atoms with Crippen molar-refractivity contribution < 1.29 is 0 Å². The molecule has 0 saturated carbocycles. The van der Waals surface area contributed by atoms with E-state index in [0.29, 0.717) is 10.0 Å². The van der Waals surface area contributed by atoms with Gasteiger partial charge in [-0.3, -0.25) is 0 Å². The van der Waals surface area contributed by atoms with Gasteiger partial charge in [0.1, 0.15) is 0 Å². The molecular formula is C11H15Cl2N. The molecule has 0 amide bonds. The van der Waals surface area contributed by atoms with Crippen molar-refractivity contribution in [2.45, 2.75) is 32.2 Å². The third kappa shape index (κ3) is 3.49. The largest absolute Gasteiger partial charge is 0.327 e. The first-order valence-corrected chi connectivity index (χ1v) is 5.58. The summed E-state index contributed by atoms with van der Waals surface area (Å²) in [5.41, 5.74) is 7.08. The average Bonchev–Trinajstić information content (AvgIpc) is 2.12. The summed E-state index contributed by atoms with van der Waals surface area (Å²) in [7, 11) is 0. The average molecular weight is 232 g/mol. The molecule has 2 N–H and O–H groups in total.